The fraction of sp³-hybridized carbons (Fsp3) is 0.348. The maximum atomic E-state index is 13.3. The minimum Gasteiger partial charge on any atom is -0.370 e. The molecule has 3 aromatic rings. The van der Waals surface area contributed by atoms with Crippen molar-refractivity contribution in [3.8, 4) is 0 Å². The Morgan fingerprint density at radius 2 is 1.83 bits per heavy atom. The van der Waals surface area contributed by atoms with Gasteiger partial charge in [0.2, 0.25) is 5.91 Å². The molecule has 6 nitrogen and oxygen atoms in total. The number of carbonyl (C=O) groups excluding carboxylic acids is 2. The molecule has 2 aromatic heterocycles. The lowest BCUT2D eigenvalue weighted by Gasteiger charge is -2.39. The lowest BCUT2D eigenvalue weighted by atomic mass is 9.77. The first-order valence-corrected chi connectivity index (χ1v) is 11.1. The zero-order chi connectivity index (χ0) is 20.7. The molecule has 2 aliphatic rings. The number of nitrogens with zero attached hydrogens (tertiary/aromatic N) is 3. The topological polar surface area (TPSA) is 79.5 Å². The van der Waals surface area contributed by atoms with E-state index in [4.69, 9.17) is 5.73 Å². The molecule has 154 valence electrons. The number of thiophene rings is 1. The van der Waals surface area contributed by atoms with Gasteiger partial charge in [0.25, 0.3) is 5.91 Å². The molecular formula is C23H24N4O2S. The highest BCUT2D eigenvalue weighted by Gasteiger charge is 2.48. The van der Waals surface area contributed by atoms with Gasteiger partial charge in [0.1, 0.15) is 0 Å². The molecule has 1 spiro atoms. The number of pyridine rings is 1. The van der Waals surface area contributed by atoms with E-state index in [2.05, 4.69) is 22.0 Å². The maximum Gasteiger partial charge on any atom is 0.258 e. The van der Waals surface area contributed by atoms with Crippen molar-refractivity contribution in [2.75, 3.05) is 24.5 Å². The van der Waals surface area contributed by atoms with Crippen molar-refractivity contribution in [3.05, 3.63) is 59.2 Å². The number of primary amides is 1. The van der Waals surface area contributed by atoms with Gasteiger partial charge in [-0.15, -0.1) is 11.3 Å². The second-order valence-corrected chi connectivity index (χ2v) is 9.36. The molecule has 2 fully saturated rings. The van der Waals surface area contributed by atoms with Gasteiger partial charge >= 0.3 is 0 Å². The lowest BCUT2D eigenvalue weighted by molar-refractivity contribution is -0.137. The van der Waals surface area contributed by atoms with Gasteiger partial charge in [-0.2, -0.15) is 0 Å². The van der Waals surface area contributed by atoms with E-state index in [0.717, 1.165) is 54.7 Å². The van der Waals surface area contributed by atoms with E-state index in [9.17, 15) is 9.59 Å². The van der Waals surface area contributed by atoms with Crippen LogP contribution >= 0.6 is 11.3 Å². The minimum absolute atomic E-state index is 0.236. The lowest BCUT2D eigenvalue weighted by Crippen LogP contribution is -2.44. The van der Waals surface area contributed by atoms with Gasteiger partial charge in [0.15, 0.2) is 0 Å². The second kappa shape index (κ2) is 7.40. The molecule has 2 saturated heterocycles. The highest BCUT2D eigenvalue weighted by atomic mass is 32.1. The van der Waals surface area contributed by atoms with E-state index >= 15 is 0 Å². The number of nitrogens with two attached hydrogens (primary N) is 1. The van der Waals surface area contributed by atoms with Crippen LogP contribution in [0, 0.1) is 5.41 Å². The van der Waals surface area contributed by atoms with Crippen molar-refractivity contribution in [2.45, 2.75) is 25.8 Å². The van der Waals surface area contributed by atoms with Gasteiger partial charge in [-0.3, -0.25) is 14.6 Å². The number of fused-ring (bicyclic) bond motifs is 1. The molecule has 2 N–H and O–H groups in total. The minimum atomic E-state index is -0.408. The summed E-state index contributed by atoms with van der Waals surface area (Å²) in [4.78, 5) is 34.1. The van der Waals surface area contributed by atoms with Crippen LogP contribution in [0.1, 0.15) is 34.5 Å². The summed E-state index contributed by atoms with van der Waals surface area (Å²) < 4.78 is 0.965. The normalized spacial score (nSPS) is 18.5. The molecule has 0 bridgehead atoms. The SMILES string of the molecule is NC(=O)c1cc2c(N3CCC4(CCN(Cc5ccccc5)C4=O)CC3)cncc2s1. The third-order valence-electron chi connectivity index (χ3n) is 6.55. The zero-order valence-electron chi connectivity index (χ0n) is 16.7. The van der Waals surface area contributed by atoms with E-state index in [1.54, 1.807) is 6.20 Å². The van der Waals surface area contributed by atoms with Crippen molar-refractivity contribution in [3.63, 3.8) is 0 Å². The summed E-state index contributed by atoms with van der Waals surface area (Å²) >= 11 is 1.38. The standard InChI is InChI=1S/C23H24N4O2S/c24-21(28)19-12-17-18(13-25-14-20(17)30-19)26-9-6-23(7-10-26)8-11-27(22(23)29)15-16-4-2-1-3-5-16/h1-5,12-14H,6-11,15H2,(H2,24,28). The first-order chi connectivity index (χ1) is 14.6. The summed E-state index contributed by atoms with van der Waals surface area (Å²) in [6.07, 6.45) is 6.26. The quantitative estimate of drug-likeness (QED) is 0.701. The maximum absolute atomic E-state index is 13.3. The summed E-state index contributed by atoms with van der Waals surface area (Å²) in [6, 6.07) is 12.1. The highest BCUT2D eigenvalue weighted by molar-refractivity contribution is 7.20. The average molecular weight is 421 g/mol. The number of rotatable bonds is 4. The largest absolute Gasteiger partial charge is 0.370 e. The van der Waals surface area contributed by atoms with Gasteiger partial charge in [0, 0.05) is 37.8 Å². The Morgan fingerprint density at radius 1 is 1.10 bits per heavy atom. The monoisotopic (exact) mass is 420 g/mol. The number of carbonyl (C=O) groups is 2. The van der Waals surface area contributed by atoms with E-state index in [1.807, 2.05) is 35.4 Å². The second-order valence-electron chi connectivity index (χ2n) is 8.28. The van der Waals surface area contributed by atoms with Crippen molar-refractivity contribution >= 4 is 38.9 Å². The molecule has 0 unspecified atom stereocenters. The number of hydrogen-bond donors (Lipinski definition) is 1. The average Bonchev–Trinajstić information content (AvgIpc) is 3.33. The molecule has 7 heteroatoms. The molecule has 0 atom stereocenters. The van der Waals surface area contributed by atoms with Crippen LogP contribution in [0.3, 0.4) is 0 Å². The van der Waals surface area contributed by atoms with Crippen molar-refractivity contribution in [2.24, 2.45) is 11.1 Å². The third kappa shape index (κ3) is 3.23. The van der Waals surface area contributed by atoms with Crippen molar-refractivity contribution in [1.82, 2.24) is 9.88 Å². The predicted octanol–water partition coefficient (Wildman–Crippen LogP) is 3.41. The Labute approximate surface area is 179 Å². The van der Waals surface area contributed by atoms with Gasteiger partial charge in [-0.05, 0) is 30.9 Å². The highest BCUT2D eigenvalue weighted by Crippen LogP contribution is 2.44. The summed E-state index contributed by atoms with van der Waals surface area (Å²) in [5, 5.41) is 1.02. The Hall–Kier alpha value is -2.93. The van der Waals surface area contributed by atoms with E-state index in [1.165, 1.54) is 16.9 Å². The Morgan fingerprint density at radius 3 is 2.57 bits per heavy atom. The Balaban J connectivity index is 1.31. The van der Waals surface area contributed by atoms with E-state index in [-0.39, 0.29) is 5.41 Å². The number of aromatic nitrogens is 1. The summed E-state index contributed by atoms with van der Waals surface area (Å²) in [7, 11) is 0. The van der Waals surface area contributed by atoms with Gasteiger partial charge in [0.05, 0.1) is 26.9 Å². The molecule has 1 aromatic carbocycles. The molecule has 0 saturated carbocycles. The third-order valence-corrected chi connectivity index (χ3v) is 7.63. The fourth-order valence-electron chi connectivity index (χ4n) is 4.81. The van der Waals surface area contributed by atoms with Crippen LogP contribution < -0.4 is 10.6 Å². The smallest absolute Gasteiger partial charge is 0.258 e. The van der Waals surface area contributed by atoms with Crippen LogP contribution in [0.25, 0.3) is 10.1 Å². The first-order valence-electron chi connectivity index (χ1n) is 10.3. The van der Waals surface area contributed by atoms with Crippen molar-refractivity contribution < 1.29 is 9.59 Å². The van der Waals surface area contributed by atoms with E-state index < -0.39 is 5.91 Å². The van der Waals surface area contributed by atoms with Gasteiger partial charge < -0.3 is 15.5 Å². The van der Waals surface area contributed by atoms with Crippen LogP contribution in [-0.4, -0.2) is 41.3 Å². The molecule has 0 aliphatic carbocycles. The van der Waals surface area contributed by atoms with Gasteiger partial charge in [-0.25, -0.2) is 0 Å². The number of benzene rings is 1. The number of anilines is 1. The summed E-state index contributed by atoms with van der Waals surface area (Å²) in [6.45, 7) is 3.15. The number of hydrogen-bond acceptors (Lipinski definition) is 5. The van der Waals surface area contributed by atoms with Crippen LogP contribution in [0.2, 0.25) is 0 Å². The zero-order valence-corrected chi connectivity index (χ0v) is 17.5. The van der Waals surface area contributed by atoms with Crippen molar-refractivity contribution in [1.29, 1.82) is 0 Å². The molecule has 2 aliphatic heterocycles. The van der Waals surface area contributed by atoms with Crippen LogP contribution in [-0.2, 0) is 11.3 Å². The Kier molecular flexibility index (Phi) is 4.70. The van der Waals surface area contributed by atoms with E-state index in [0.29, 0.717) is 17.3 Å². The molecule has 30 heavy (non-hydrogen) atoms. The molecule has 5 rings (SSSR count). The summed E-state index contributed by atoms with van der Waals surface area (Å²) in [5.41, 5.74) is 7.43. The molecule has 4 heterocycles. The summed E-state index contributed by atoms with van der Waals surface area (Å²) in [5.74, 6) is -0.108. The predicted molar refractivity (Wildman–Crippen MR) is 118 cm³/mol. The molecule has 0 radical (unpaired) electrons. The number of likely N-dealkylation sites (tertiary alicyclic amines) is 1. The Bertz CT molecular complexity index is 1100. The fourth-order valence-corrected chi connectivity index (χ4v) is 5.71. The number of piperidine rings is 1. The van der Waals surface area contributed by atoms with Gasteiger partial charge in [-0.1, -0.05) is 30.3 Å². The van der Waals surface area contributed by atoms with Crippen LogP contribution in [0.15, 0.2) is 48.8 Å². The first kappa shape index (κ1) is 19.1. The molecule has 2 amide bonds. The van der Waals surface area contributed by atoms with Crippen LogP contribution in [0.4, 0.5) is 5.69 Å². The molecular weight excluding hydrogens is 396 g/mol. The van der Waals surface area contributed by atoms with Crippen LogP contribution in [0.5, 0.6) is 0 Å². The number of amides is 2.